The number of carbonyl (C=O) groups excluding carboxylic acids is 1. The van der Waals surface area contributed by atoms with Crippen LogP contribution < -0.4 is 4.90 Å². The van der Waals surface area contributed by atoms with Crippen molar-refractivity contribution in [3.63, 3.8) is 0 Å². The van der Waals surface area contributed by atoms with E-state index >= 15 is 0 Å². The van der Waals surface area contributed by atoms with E-state index in [1.807, 2.05) is 40.1 Å². The van der Waals surface area contributed by atoms with Crippen LogP contribution in [-0.2, 0) is 15.7 Å². The third-order valence-electron chi connectivity index (χ3n) is 4.76. The summed E-state index contributed by atoms with van der Waals surface area (Å²) in [6.45, 7) is 2.15. The summed E-state index contributed by atoms with van der Waals surface area (Å²) in [7, 11) is 1.36. The minimum atomic E-state index is -4.36. The van der Waals surface area contributed by atoms with Gasteiger partial charge in [-0.05, 0) is 23.8 Å². The van der Waals surface area contributed by atoms with Gasteiger partial charge < -0.3 is 9.64 Å². The minimum absolute atomic E-state index is 0.339. The highest BCUT2D eigenvalue weighted by Gasteiger charge is 2.33. The summed E-state index contributed by atoms with van der Waals surface area (Å²) >= 11 is 0. The van der Waals surface area contributed by atoms with Crippen LogP contribution >= 0.6 is 0 Å². The predicted molar refractivity (Wildman–Crippen MR) is 96.4 cm³/mol. The molecule has 0 aromatic heterocycles. The Morgan fingerprint density at radius 3 is 2.26 bits per heavy atom. The Hall–Kier alpha value is -2.54. The maximum atomic E-state index is 12.9. The molecule has 1 aliphatic heterocycles. The molecule has 0 spiro atoms. The van der Waals surface area contributed by atoms with Crippen molar-refractivity contribution in [3.8, 4) is 0 Å². The molecule has 0 radical (unpaired) electrons. The summed E-state index contributed by atoms with van der Waals surface area (Å²) in [6, 6.07) is 14.2. The summed E-state index contributed by atoms with van der Waals surface area (Å²) in [5.41, 5.74) is 0.731. The molecule has 2 aromatic rings. The number of alkyl halides is 3. The monoisotopic (exact) mass is 378 g/mol. The lowest BCUT2D eigenvalue weighted by molar-refractivity contribution is -0.147. The van der Waals surface area contributed by atoms with Crippen LogP contribution in [0.4, 0.5) is 18.9 Å². The molecule has 7 heteroatoms. The van der Waals surface area contributed by atoms with Gasteiger partial charge >= 0.3 is 12.1 Å². The molecule has 27 heavy (non-hydrogen) atoms. The molecule has 0 N–H and O–H groups in total. The lowest BCUT2D eigenvalue weighted by atomic mass is 10.0. The number of piperazine rings is 1. The number of hydrogen-bond donors (Lipinski definition) is 0. The highest BCUT2D eigenvalue weighted by Crippen LogP contribution is 2.32. The Morgan fingerprint density at radius 2 is 1.67 bits per heavy atom. The topological polar surface area (TPSA) is 32.8 Å². The first-order valence-electron chi connectivity index (χ1n) is 8.69. The molecule has 1 unspecified atom stereocenters. The number of nitrogens with zero attached hydrogens (tertiary/aromatic N) is 2. The Morgan fingerprint density at radius 1 is 1.00 bits per heavy atom. The van der Waals surface area contributed by atoms with Gasteiger partial charge in [-0.1, -0.05) is 36.4 Å². The second kappa shape index (κ2) is 8.00. The van der Waals surface area contributed by atoms with Gasteiger partial charge in [0.2, 0.25) is 0 Å². The van der Waals surface area contributed by atoms with Gasteiger partial charge in [0.1, 0.15) is 6.04 Å². The largest absolute Gasteiger partial charge is 0.468 e. The summed E-state index contributed by atoms with van der Waals surface area (Å²) in [5, 5.41) is 0. The molecule has 144 valence electrons. The number of carbonyl (C=O) groups is 1. The van der Waals surface area contributed by atoms with E-state index in [1.165, 1.54) is 19.2 Å². The third-order valence-corrected chi connectivity index (χ3v) is 4.76. The highest BCUT2D eigenvalue weighted by molar-refractivity contribution is 5.77. The van der Waals surface area contributed by atoms with Crippen LogP contribution in [0.25, 0.3) is 0 Å². The van der Waals surface area contributed by atoms with Gasteiger partial charge in [0.25, 0.3) is 0 Å². The minimum Gasteiger partial charge on any atom is -0.468 e. The molecule has 1 atom stereocenters. The third kappa shape index (κ3) is 4.42. The average Bonchev–Trinajstić information content (AvgIpc) is 2.69. The van der Waals surface area contributed by atoms with Crippen molar-refractivity contribution in [2.24, 2.45) is 0 Å². The number of halogens is 3. The average molecular weight is 378 g/mol. The van der Waals surface area contributed by atoms with Crippen LogP contribution in [0, 0.1) is 0 Å². The van der Waals surface area contributed by atoms with Crippen LogP contribution in [0.1, 0.15) is 17.2 Å². The zero-order chi connectivity index (χ0) is 19.4. The molecule has 2 aromatic carbocycles. The van der Waals surface area contributed by atoms with Crippen molar-refractivity contribution < 1.29 is 22.7 Å². The molecule has 0 amide bonds. The fraction of sp³-hybridized carbons (Fsp3) is 0.350. The number of esters is 1. The molecule has 1 fully saturated rings. The number of anilines is 1. The summed E-state index contributed by atoms with van der Waals surface area (Å²) in [5.74, 6) is -0.339. The van der Waals surface area contributed by atoms with E-state index in [4.69, 9.17) is 4.74 Å². The van der Waals surface area contributed by atoms with Crippen molar-refractivity contribution in [1.82, 2.24) is 4.90 Å². The van der Waals surface area contributed by atoms with Gasteiger partial charge in [0.05, 0.1) is 12.7 Å². The number of rotatable bonds is 4. The summed E-state index contributed by atoms with van der Waals surface area (Å²) in [4.78, 5) is 16.2. The first-order valence-corrected chi connectivity index (χ1v) is 8.69. The maximum Gasteiger partial charge on any atom is 0.416 e. The van der Waals surface area contributed by atoms with Gasteiger partial charge in [-0.15, -0.1) is 0 Å². The van der Waals surface area contributed by atoms with Crippen LogP contribution in [0.5, 0.6) is 0 Å². The van der Waals surface area contributed by atoms with E-state index in [0.29, 0.717) is 31.9 Å². The standard InChI is InChI=1S/C20H21F3N2O2/c1-27-19(26)18(15-6-3-2-4-7-15)25-12-10-24(11-13-25)17-9-5-8-16(14-17)20(21,22)23/h2-9,14,18H,10-13H2,1H3. The second-order valence-electron chi connectivity index (χ2n) is 6.41. The second-order valence-corrected chi connectivity index (χ2v) is 6.41. The van der Waals surface area contributed by atoms with Crippen LogP contribution in [0.15, 0.2) is 54.6 Å². The van der Waals surface area contributed by atoms with Gasteiger partial charge in [0.15, 0.2) is 0 Å². The normalized spacial score (nSPS) is 16.8. The molecule has 1 heterocycles. The molecular formula is C20H21F3N2O2. The molecule has 0 saturated carbocycles. The van der Waals surface area contributed by atoms with E-state index in [2.05, 4.69) is 0 Å². The fourth-order valence-electron chi connectivity index (χ4n) is 3.36. The van der Waals surface area contributed by atoms with Gasteiger partial charge in [-0.25, -0.2) is 4.79 Å². The zero-order valence-electron chi connectivity index (χ0n) is 14.9. The van der Waals surface area contributed by atoms with E-state index in [-0.39, 0.29) is 5.97 Å². The highest BCUT2D eigenvalue weighted by atomic mass is 19.4. The number of hydrogen-bond acceptors (Lipinski definition) is 4. The van der Waals surface area contributed by atoms with Gasteiger partial charge in [-0.2, -0.15) is 13.2 Å². The Balaban J connectivity index is 1.73. The molecule has 4 nitrogen and oxygen atoms in total. The number of benzene rings is 2. The maximum absolute atomic E-state index is 12.9. The fourth-order valence-corrected chi connectivity index (χ4v) is 3.36. The SMILES string of the molecule is COC(=O)C(c1ccccc1)N1CCN(c2cccc(C(F)(F)F)c2)CC1. The molecule has 1 saturated heterocycles. The zero-order valence-corrected chi connectivity index (χ0v) is 14.9. The van der Waals surface area contributed by atoms with Crippen molar-refractivity contribution in [3.05, 3.63) is 65.7 Å². The van der Waals surface area contributed by atoms with Crippen molar-refractivity contribution in [2.45, 2.75) is 12.2 Å². The molecule has 0 bridgehead atoms. The van der Waals surface area contributed by atoms with Gasteiger partial charge in [0, 0.05) is 31.9 Å². The van der Waals surface area contributed by atoms with Crippen LogP contribution in [-0.4, -0.2) is 44.2 Å². The Kier molecular flexibility index (Phi) is 5.70. The van der Waals surface area contributed by atoms with Crippen molar-refractivity contribution >= 4 is 11.7 Å². The van der Waals surface area contributed by atoms with Crippen molar-refractivity contribution in [2.75, 3.05) is 38.2 Å². The Labute approximate surface area is 156 Å². The molecular weight excluding hydrogens is 357 g/mol. The first-order chi connectivity index (χ1) is 12.9. The van der Waals surface area contributed by atoms with Crippen LogP contribution in [0.2, 0.25) is 0 Å². The lowest BCUT2D eigenvalue weighted by Crippen LogP contribution is -2.49. The van der Waals surface area contributed by atoms with E-state index < -0.39 is 17.8 Å². The number of ether oxygens (including phenoxy) is 1. The Bertz CT molecular complexity index is 772. The summed E-state index contributed by atoms with van der Waals surface area (Å²) in [6.07, 6.45) is -4.36. The van der Waals surface area contributed by atoms with Gasteiger partial charge in [-0.3, -0.25) is 4.90 Å². The first kappa shape index (κ1) is 19.2. The molecule has 1 aliphatic rings. The lowest BCUT2D eigenvalue weighted by Gasteiger charge is -2.39. The predicted octanol–water partition coefficient (Wildman–Crippen LogP) is 3.74. The van der Waals surface area contributed by atoms with Crippen LogP contribution in [0.3, 0.4) is 0 Å². The molecule has 3 rings (SSSR count). The summed E-state index contributed by atoms with van der Waals surface area (Å²) < 4.78 is 43.8. The van der Waals surface area contributed by atoms with E-state index in [9.17, 15) is 18.0 Å². The number of methoxy groups -OCH3 is 1. The quantitative estimate of drug-likeness (QED) is 0.759. The van der Waals surface area contributed by atoms with E-state index in [0.717, 1.165) is 11.6 Å². The van der Waals surface area contributed by atoms with Crippen molar-refractivity contribution in [1.29, 1.82) is 0 Å². The molecule has 0 aliphatic carbocycles. The smallest absolute Gasteiger partial charge is 0.416 e. The van der Waals surface area contributed by atoms with E-state index in [1.54, 1.807) is 6.07 Å².